The van der Waals surface area contributed by atoms with Gasteiger partial charge in [-0.15, -0.1) is 0 Å². The average molecular weight is 209 g/mol. The van der Waals surface area contributed by atoms with Crippen LogP contribution in [0.25, 0.3) is 0 Å². The third kappa shape index (κ3) is 2.89. The molecule has 1 heterocycles. The lowest BCUT2D eigenvalue weighted by Crippen LogP contribution is -2.18. The lowest BCUT2D eigenvalue weighted by Gasteiger charge is -2.18. The second-order valence-corrected chi connectivity index (χ2v) is 3.94. The van der Waals surface area contributed by atoms with Crippen LogP contribution in [0.15, 0.2) is 12.3 Å². The number of aromatic nitrogens is 2. The minimum absolute atomic E-state index is 0.0525. The number of rotatable bonds is 4. The molecule has 15 heavy (non-hydrogen) atoms. The monoisotopic (exact) mass is 209 g/mol. The molecular weight excluding hydrogens is 190 g/mol. The van der Waals surface area contributed by atoms with Crippen molar-refractivity contribution in [1.29, 1.82) is 0 Å². The molecule has 0 aromatic carbocycles. The Balaban J connectivity index is 2.90. The van der Waals surface area contributed by atoms with Crippen molar-refractivity contribution in [2.24, 2.45) is 0 Å². The fourth-order valence-electron chi connectivity index (χ4n) is 1.38. The fourth-order valence-corrected chi connectivity index (χ4v) is 1.38. The average Bonchev–Trinajstić information content (AvgIpc) is 2.27. The molecule has 0 aliphatic heterocycles. The molecule has 0 radical (unpaired) electrons. The lowest BCUT2D eigenvalue weighted by atomic mass is 9.99. The molecule has 0 bridgehead atoms. The van der Waals surface area contributed by atoms with Gasteiger partial charge in [0.05, 0.1) is 11.8 Å². The van der Waals surface area contributed by atoms with E-state index in [2.05, 4.69) is 9.97 Å². The Bertz CT molecular complexity index is 314. The summed E-state index contributed by atoms with van der Waals surface area (Å²) < 4.78 is 0. The Kier molecular flexibility index (Phi) is 4.03. The molecule has 0 amide bonds. The molecule has 2 atom stereocenters. The smallest absolute Gasteiger partial charge is 0.224 e. The standard InChI is InChI=1S/C11H19N3O/c1-5-10(15)8(2)9-6-7-12-11(13-9)14(3)4/h6-8,10,15H,5H2,1-4H3. The molecule has 0 saturated heterocycles. The largest absolute Gasteiger partial charge is 0.392 e. The minimum Gasteiger partial charge on any atom is -0.392 e. The van der Waals surface area contributed by atoms with E-state index in [0.717, 1.165) is 12.1 Å². The van der Waals surface area contributed by atoms with E-state index in [0.29, 0.717) is 5.95 Å². The van der Waals surface area contributed by atoms with E-state index in [1.54, 1.807) is 6.20 Å². The topological polar surface area (TPSA) is 49.3 Å². The number of nitrogens with zero attached hydrogens (tertiary/aromatic N) is 3. The molecule has 0 spiro atoms. The molecule has 0 aliphatic rings. The van der Waals surface area contributed by atoms with Crippen LogP contribution in [0.2, 0.25) is 0 Å². The normalized spacial score (nSPS) is 14.7. The molecule has 0 aliphatic carbocycles. The quantitative estimate of drug-likeness (QED) is 0.814. The zero-order valence-corrected chi connectivity index (χ0v) is 9.81. The summed E-state index contributed by atoms with van der Waals surface area (Å²) in [6.45, 7) is 3.95. The van der Waals surface area contributed by atoms with Crippen LogP contribution < -0.4 is 4.90 Å². The summed E-state index contributed by atoms with van der Waals surface area (Å²) in [6, 6.07) is 1.86. The van der Waals surface area contributed by atoms with E-state index < -0.39 is 0 Å². The molecule has 1 rings (SSSR count). The Morgan fingerprint density at radius 2 is 2.13 bits per heavy atom. The van der Waals surface area contributed by atoms with Crippen LogP contribution in [0.4, 0.5) is 5.95 Å². The molecule has 4 nitrogen and oxygen atoms in total. The number of hydrogen-bond donors (Lipinski definition) is 1. The molecule has 0 fully saturated rings. The van der Waals surface area contributed by atoms with Gasteiger partial charge in [0.25, 0.3) is 0 Å². The van der Waals surface area contributed by atoms with Crippen molar-refractivity contribution in [1.82, 2.24) is 9.97 Å². The van der Waals surface area contributed by atoms with Gasteiger partial charge in [0.15, 0.2) is 0 Å². The Morgan fingerprint density at radius 1 is 1.47 bits per heavy atom. The van der Waals surface area contributed by atoms with Gasteiger partial charge in [-0.2, -0.15) is 0 Å². The fraction of sp³-hybridized carbons (Fsp3) is 0.636. The summed E-state index contributed by atoms with van der Waals surface area (Å²) in [5.41, 5.74) is 0.892. The highest BCUT2D eigenvalue weighted by Gasteiger charge is 2.16. The Labute approximate surface area is 91.0 Å². The summed E-state index contributed by atoms with van der Waals surface area (Å²) in [6.07, 6.45) is 2.13. The van der Waals surface area contributed by atoms with Gasteiger partial charge in [0, 0.05) is 26.2 Å². The van der Waals surface area contributed by atoms with Gasteiger partial charge < -0.3 is 10.0 Å². The van der Waals surface area contributed by atoms with Crippen LogP contribution in [0, 0.1) is 0 Å². The lowest BCUT2D eigenvalue weighted by molar-refractivity contribution is 0.143. The van der Waals surface area contributed by atoms with Gasteiger partial charge in [0.2, 0.25) is 5.95 Å². The Hall–Kier alpha value is -1.16. The van der Waals surface area contributed by atoms with Crippen LogP contribution in [0.3, 0.4) is 0 Å². The van der Waals surface area contributed by atoms with Gasteiger partial charge in [0.1, 0.15) is 0 Å². The zero-order chi connectivity index (χ0) is 11.4. The summed E-state index contributed by atoms with van der Waals surface area (Å²) in [5, 5.41) is 9.74. The minimum atomic E-state index is -0.338. The van der Waals surface area contributed by atoms with Crippen LogP contribution >= 0.6 is 0 Å². The van der Waals surface area contributed by atoms with E-state index in [9.17, 15) is 5.11 Å². The maximum atomic E-state index is 9.74. The molecule has 84 valence electrons. The van der Waals surface area contributed by atoms with Crippen molar-refractivity contribution >= 4 is 5.95 Å². The molecule has 2 unspecified atom stereocenters. The van der Waals surface area contributed by atoms with Gasteiger partial charge in [-0.3, -0.25) is 0 Å². The first-order valence-electron chi connectivity index (χ1n) is 5.24. The van der Waals surface area contributed by atoms with E-state index >= 15 is 0 Å². The third-order valence-electron chi connectivity index (χ3n) is 2.53. The van der Waals surface area contributed by atoms with Gasteiger partial charge in [-0.05, 0) is 12.5 Å². The van der Waals surface area contributed by atoms with Crippen molar-refractivity contribution in [3.05, 3.63) is 18.0 Å². The molecule has 1 aromatic heterocycles. The van der Waals surface area contributed by atoms with E-state index in [1.807, 2.05) is 38.9 Å². The number of anilines is 1. The maximum absolute atomic E-state index is 9.74. The van der Waals surface area contributed by atoms with Crippen molar-refractivity contribution in [2.75, 3.05) is 19.0 Å². The highest BCUT2D eigenvalue weighted by molar-refractivity contribution is 5.28. The van der Waals surface area contributed by atoms with E-state index in [-0.39, 0.29) is 12.0 Å². The van der Waals surface area contributed by atoms with Gasteiger partial charge in [-0.25, -0.2) is 9.97 Å². The Morgan fingerprint density at radius 3 is 2.67 bits per heavy atom. The summed E-state index contributed by atoms with van der Waals surface area (Å²) >= 11 is 0. The predicted octanol–water partition coefficient (Wildman–Crippen LogP) is 1.42. The summed E-state index contributed by atoms with van der Waals surface area (Å²) in [4.78, 5) is 10.4. The SMILES string of the molecule is CCC(O)C(C)c1ccnc(N(C)C)n1. The van der Waals surface area contributed by atoms with Gasteiger partial charge >= 0.3 is 0 Å². The first-order valence-corrected chi connectivity index (χ1v) is 5.24. The number of hydrogen-bond acceptors (Lipinski definition) is 4. The summed E-state index contributed by atoms with van der Waals surface area (Å²) in [7, 11) is 3.81. The van der Waals surface area contributed by atoms with Gasteiger partial charge in [-0.1, -0.05) is 13.8 Å². The zero-order valence-electron chi connectivity index (χ0n) is 9.81. The third-order valence-corrected chi connectivity index (χ3v) is 2.53. The van der Waals surface area contributed by atoms with Crippen LogP contribution in [0.5, 0.6) is 0 Å². The van der Waals surface area contributed by atoms with Crippen LogP contribution in [-0.2, 0) is 0 Å². The molecule has 1 aromatic rings. The predicted molar refractivity (Wildman–Crippen MR) is 61.1 cm³/mol. The number of aliphatic hydroxyl groups is 1. The van der Waals surface area contributed by atoms with Crippen molar-refractivity contribution in [2.45, 2.75) is 32.3 Å². The van der Waals surface area contributed by atoms with E-state index in [4.69, 9.17) is 0 Å². The molecule has 0 saturated carbocycles. The second kappa shape index (κ2) is 5.07. The van der Waals surface area contributed by atoms with Crippen LogP contribution in [-0.4, -0.2) is 35.3 Å². The van der Waals surface area contributed by atoms with Crippen LogP contribution in [0.1, 0.15) is 31.9 Å². The second-order valence-electron chi connectivity index (χ2n) is 3.94. The maximum Gasteiger partial charge on any atom is 0.224 e. The molecule has 4 heteroatoms. The first kappa shape index (κ1) is 11.9. The molecular formula is C11H19N3O. The highest BCUT2D eigenvalue weighted by Crippen LogP contribution is 2.19. The van der Waals surface area contributed by atoms with Crippen molar-refractivity contribution in [3.8, 4) is 0 Å². The molecule has 1 N–H and O–H groups in total. The van der Waals surface area contributed by atoms with Crippen molar-refractivity contribution < 1.29 is 5.11 Å². The summed E-state index contributed by atoms with van der Waals surface area (Å²) in [5.74, 6) is 0.736. The first-order chi connectivity index (χ1) is 7.06. The van der Waals surface area contributed by atoms with Crippen molar-refractivity contribution in [3.63, 3.8) is 0 Å². The van der Waals surface area contributed by atoms with E-state index in [1.165, 1.54) is 0 Å². The highest BCUT2D eigenvalue weighted by atomic mass is 16.3. The number of aliphatic hydroxyl groups excluding tert-OH is 1.